The van der Waals surface area contributed by atoms with Gasteiger partial charge in [-0.25, -0.2) is 4.98 Å². The number of rotatable bonds is 6. The number of aromatic nitrogens is 2. The normalized spacial score (nSPS) is 13.2. The minimum absolute atomic E-state index is 0.392. The number of halogens is 3. The zero-order valence-electron chi connectivity index (χ0n) is 11.9. The molecule has 21 heavy (non-hydrogen) atoms. The fourth-order valence-corrected chi connectivity index (χ4v) is 2.35. The summed E-state index contributed by atoms with van der Waals surface area (Å²) in [6, 6.07) is 5.02. The average molecular weight is 331 g/mol. The van der Waals surface area contributed by atoms with Crippen LogP contribution in [0.2, 0.25) is 10.0 Å². The van der Waals surface area contributed by atoms with E-state index in [-0.39, 0.29) is 0 Å². The molecule has 0 aliphatic carbocycles. The van der Waals surface area contributed by atoms with Crippen molar-refractivity contribution in [1.82, 2.24) is 9.55 Å². The molecule has 0 aliphatic heterocycles. The first-order valence-electron chi connectivity index (χ1n) is 6.56. The molecule has 2 rings (SSSR count). The molecule has 0 aliphatic rings. The Labute approximate surface area is 133 Å². The highest BCUT2D eigenvalue weighted by Gasteiger charge is 2.26. The summed E-state index contributed by atoms with van der Waals surface area (Å²) in [5.74, 6) is 0.509. The van der Waals surface area contributed by atoms with Gasteiger partial charge < -0.3 is 9.30 Å². The lowest BCUT2D eigenvalue weighted by Crippen LogP contribution is -2.25. The molecule has 114 valence electrons. The Hall–Kier alpha value is -1.26. The molecule has 0 saturated heterocycles. The van der Waals surface area contributed by atoms with Gasteiger partial charge in [0.1, 0.15) is 5.75 Å². The maximum atomic E-state index is 13.1. The summed E-state index contributed by atoms with van der Waals surface area (Å²) in [7, 11) is 0. The Morgan fingerprint density at radius 2 is 2.14 bits per heavy atom. The van der Waals surface area contributed by atoms with Crippen molar-refractivity contribution in [3.8, 4) is 5.75 Å². The van der Waals surface area contributed by atoms with Crippen LogP contribution >= 0.6 is 23.2 Å². The van der Waals surface area contributed by atoms with Gasteiger partial charge in [-0.15, -0.1) is 0 Å². The second kappa shape index (κ2) is 6.67. The number of nitrogens with zero attached hydrogens (tertiary/aromatic N) is 2. The van der Waals surface area contributed by atoms with Crippen molar-refractivity contribution in [3.05, 3.63) is 47.0 Å². The fourth-order valence-electron chi connectivity index (χ4n) is 1.89. The molecule has 2 aromatic rings. The van der Waals surface area contributed by atoms with E-state index in [1.165, 1.54) is 0 Å². The molecular formula is C15H17Cl2FN2O. The highest BCUT2D eigenvalue weighted by atomic mass is 35.5. The zero-order valence-corrected chi connectivity index (χ0v) is 13.4. The van der Waals surface area contributed by atoms with E-state index in [1.54, 1.807) is 41.5 Å². The standard InChI is InChI=1S/C15H17Cl2FN2O/c1-15(2,9-18)8-14(20-6-5-19-10-20)21-13-4-3-11(16)7-12(13)17/h3-7,10,14H,8-9H2,1-2H3. The second-order valence-electron chi connectivity index (χ2n) is 5.66. The number of ether oxygens (including phenoxy) is 1. The minimum Gasteiger partial charge on any atom is -0.469 e. The van der Waals surface area contributed by atoms with Gasteiger partial charge in [-0.2, -0.15) is 0 Å². The van der Waals surface area contributed by atoms with Crippen LogP contribution in [0.25, 0.3) is 0 Å². The number of hydrogen-bond donors (Lipinski definition) is 0. The summed E-state index contributed by atoms with van der Waals surface area (Å²) in [5, 5.41) is 0.960. The van der Waals surface area contributed by atoms with Gasteiger partial charge in [0.05, 0.1) is 18.0 Å². The van der Waals surface area contributed by atoms with Crippen LogP contribution in [0.3, 0.4) is 0 Å². The predicted octanol–water partition coefficient (Wildman–Crippen LogP) is 5.15. The monoisotopic (exact) mass is 330 g/mol. The van der Waals surface area contributed by atoms with E-state index in [1.807, 2.05) is 13.8 Å². The summed E-state index contributed by atoms with van der Waals surface area (Å²) >= 11 is 12.0. The highest BCUT2D eigenvalue weighted by Crippen LogP contribution is 2.34. The van der Waals surface area contributed by atoms with E-state index in [0.29, 0.717) is 22.2 Å². The Balaban J connectivity index is 2.24. The Kier molecular flexibility index (Phi) is 5.12. The Morgan fingerprint density at radius 1 is 1.38 bits per heavy atom. The summed E-state index contributed by atoms with van der Waals surface area (Å²) in [6.45, 7) is 3.27. The van der Waals surface area contributed by atoms with Crippen LogP contribution < -0.4 is 4.74 Å². The first-order valence-corrected chi connectivity index (χ1v) is 7.32. The van der Waals surface area contributed by atoms with Crippen molar-refractivity contribution in [1.29, 1.82) is 0 Å². The van der Waals surface area contributed by atoms with E-state index in [2.05, 4.69) is 4.98 Å². The average Bonchev–Trinajstić information content (AvgIpc) is 2.95. The van der Waals surface area contributed by atoms with Gasteiger partial charge >= 0.3 is 0 Å². The van der Waals surface area contributed by atoms with Gasteiger partial charge in [-0.05, 0) is 23.6 Å². The number of benzene rings is 1. The maximum absolute atomic E-state index is 13.1. The van der Waals surface area contributed by atoms with Crippen molar-refractivity contribution in [3.63, 3.8) is 0 Å². The fraction of sp³-hybridized carbons (Fsp3) is 0.400. The van der Waals surface area contributed by atoms with Crippen LogP contribution in [0.4, 0.5) is 4.39 Å². The van der Waals surface area contributed by atoms with Crippen LogP contribution in [0.5, 0.6) is 5.75 Å². The van der Waals surface area contributed by atoms with E-state index >= 15 is 0 Å². The maximum Gasteiger partial charge on any atom is 0.177 e. The molecular weight excluding hydrogens is 314 g/mol. The largest absolute Gasteiger partial charge is 0.469 e. The van der Waals surface area contributed by atoms with Crippen LogP contribution in [0, 0.1) is 5.41 Å². The van der Waals surface area contributed by atoms with E-state index in [0.717, 1.165) is 0 Å². The Morgan fingerprint density at radius 3 is 2.71 bits per heavy atom. The zero-order chi connectivity index (χ0) is 15.5. The van der Waals surface area contributed by atoms with E-state index in [9.17, 15) is 4.39 Å². The third-order valence-corrected chi connectivity index (χ3v) is 3.63. The highest BCUT2D eigenvalue weighted by molar-refractivity contribution is 6.35. The summed E-state index contributed by atoms with van der Waals surface area (Å²) < 4.78 is 20.9. The molecule has 1 heterocycles. The molecule has 1 atom stereocenters. The molecule has 0 bridgehead atoms. The Bertz CT molecular complexity index is 587. The SMILES string of the molecule is CC(C)(CF)CC(Oc1ccc(Cl)cc1Cl)n1ccnc1. The van der Waals surface area contributed by atoms with Crippen molar-refractivity contribution < 1.29 is 9.13 Å². The lowest BCUT2D eigenvalue weighted by atomic mass is 9.90. The van der Waals surface area contributed by atoms with Gasteiger partial charge in [-0.1, -0.05) is 37.0 Å². The van der Waals surface area contributed by atoms with Crippen LogP contribution in [0.15, 0.2) is 36.9 Å². The third-order valence-electron chi connectivity index (χ3n) is 3.10. The van der Waals surface area contributed by atoms with E-state index < -0.39 is 18.3 Å². The molecule has 0 fully saturated rings. The molecule has 0 spiro atoms. The van der Waals surface area contributed by atoms with Gasteiger partial charge in [0.15, 0.2) is 6.23 Å². The smallest absolute Gasteiger partial charge is 0.177 e. The van der Waals surface area contributed by atoms with Crippen LogP contribution in [-0.4, -0.2) is 16.2 Å². The molecule has 0 amide bonds. The van der Waals surface area contributed by atoms with Crippen molar-refractivity contribution >= 4 is 23.2 Å². The molecule has 0 saturated carbocycles. The molecule has 0 radical (unpaired) electrons. The lowest BCUT2D eigenvalue weighted by Gasteiger charge is -2.28. The van der Waals surface area contributed by atoms with Crippen LogP contribution in [-0.2, 0) is 0 Å². The van der Waals surface area contributed by atoms with Crippen molar-refractivity contribution in [2.24, 2.45) is 5.41 Å². The van der Waals surface area contributed by atoms with Gasteiger partial charge in [0.2, 0.25) is 0 Å². The third kappa shape index (κ3) is 4.35. The summed E-state index contributed by atoms with van der Waals surface area (Å²) in [4.78, 5) is 4.01. The lowest BCUT2D eigenvalue weighted by molar-refractivity contribution is 0.0658. The number of imidazole rings is 1. The quantitative estimate of drug-likeness (QED) is 0.732. The molecule has 1 aromatic carbocycles. The first kappa shape index (κ1) is 16.1. The molecule has 1 aromatic heterocycles. The number of alkyl halides is 1. The molecule has 3 nitrogen and oxygen atoms in total. The second-order valence-corrected chi connectivity index (χ2v) is 6.50. The summed E-state index contributed by atoms with van der Waals surface area (Å²) in [6.07, 6.45) is 5.17. The first-order chi connectivity index (χ1) is 9.91. The topological polar surface area (TPSA) is 27.1 Å². The molecule has 1 unspecified atom stereocenters. The van der Waals surface area contributed by atoms with Gasteiger partial charge in [-0.3, -0.25) is 4.39 Å². The van der Waals surface area contributed by atoms with Crippen molar-refractivity contribution in [2.75, 3.05) is 6.67 Å². The van der Waals surface area contributed by atoms with Gasteiger partial charge in [0.25, 0.3) is 0 Å². The molecule has 6 heteroatoms. The van der Waals surface area contributed by atoms with Crippen LogP contribution in [0.1, 0.15) is 26.5 Å². The van der Waals surface area contributed by atoms with Crippen molar-refractivity contribution in [2.45, 2.75) is 26.5 Å². The van der Waals surface area contributed by atoms with E-state index in [4.69, 9.17) is 27.9 Å². The number of hydrogen-bond acceptors (Lipinski definition) is 2. The minimum atomic E-state index is -0.506. The van der Waals surface area contributed by atoms with Gasteiger partial charge in [0, 0.05) is 23.8 Å². The predicted molar refractivity (Wildman–Crippen MR) is 82.7 cm³/mol. The summed E-state index contributed by atoms with van der Waals surface area (Å²) in [5.41, 5.74) is -0.506. The molecule has 0 N–H and O–H groups in total.